The highest BCUT2D eigenvalue weighted by atomic mass is 16.5. The van der Waals surface area contributed by atoms with Crippen LogP contribution in [0.25, 0.3) is 6.08 Å². The van der Waals surface area contributed by atoms with Crippen LogP contribution in [0.1, 0.15) is 27.0 Å². The first-order valence-electron chi connectivity index (χ1n) is 13.1. The van der Waals surface area contributed by atoms with E-state index in [-0.39, 0.29) is 23.4 Å². The van der Waals surface area contributed by atoms with Crippen molar-refractivity contribution in [2.45, 2.75) is 13.2 Å². The number of benzene rings is 4. The Hall–Kier alpha value is -5.90. The van der Waals surface area contributed by atoms with Crippen molar-refractivity contribution in [3.05, 3.63) is 125 Å². The second-order valence-corrected chi connectivity index (χ2v) is 9.43. The molecular weight excluding hydrogens is 552 g/mol. The number of carbonyl (C=O) groups is 4. The topological polar surface area (TPSA) is 131 Å². The van der Waals surface area contributed by atoms with Crippen LogP contribution in [-0.2, 0) is 22.8 Å². The quantitative estimate of drug-likeness (QED) is 0.194. The fourth-order valence-electron chi connectivity index (χ4n) is 4.29. The zero-order valence-electron chi connectivity index (χ0n) is 23.0. The third-order valence-electron chi connectivity index (χ3n) is 6.54. The zero-order valence-corrected chi connectivity index (χ0v) is 23.0. The van der Waals surface area contributed by atoms with Crippen molar-refractivity contribution in [3.63, 3.8) is 0 Å². The maximum atomic E-state index is 13.3. The van der Waals surface area contributed by atoms with Crippen LogP contribution >= 0.6 is 0 Å². The summed E-state index contributed by atoms with van der Waals surface area (Å²) in [5.74, 6) is -1.32. The predicted octanol–water partition coefficient (Wildman–Crippen LogP) is 5.22. The summed E-state index contributed by atoms with van der Waals surface area (Å²) < 4.78 is 17.1. The minimum atomic E-state index is -1.02. The van der Waals surface area contributed by atoms with Gasteiger partial charge in [-0.05, 0) is 71.3 Å². The van der Waals surface area contributed by atoms with E-state index in [4.69, 9.17) is 19.3 Å². The molecule has 4 aromatic rings. The highest BCUT2D eigenvalue weighted by Crippen LogP contribution is 2.31. The Kier molecular flexibility index (Phi) is 8.48. The summed E-state index contributed by atoms with van der Waals surface area (Å²) in [6.45, 7) is 0.516. The van der Waals surface area contributed by atoms with Gasteiger partial charge in [-0.3, -0.25) is 14.9 Å². The molecule has 4 amide bonds. The number of carboxylic acid groups (broad SMARTS) is 1. The molecule has 1 saturated heterocycles. The van der Waals surface area contributed by atoms with Crippen LogP contribution in [-0.4, -0.2) is 36.0 Å². The van der Waals surface area contributed by atoms with Crippen LogP contribution in [0.2, 0.25) is 0 Å². The molecule has 1 heterocycles. The van der Waals surface area contributed by atoms with E-state index in [9.17, 15) is 19.2 Å². The molecule has 1 fully saturated rings. The van der Waals surface area contributed by atoms with Gasteiger partial charge in [0, 0.05) is 0 Å². The number of imide groups is 2. The van der Waals surface area contributed by atoms with E-state index in [1.54, 1.807) is 54.6 Å². The van der Waals surface area contributed by atoms with Crippen LogP contribution < -0.4 is 24.4 Å². The van der Waals surface area contributed by atoms with Gasteiger partial charge in [-0.25, -0.2) is 14.5 Å². The van der Waals surface area contributed by atoms with Crippen molar-refractivity contribution >= 4 is 35.6 Å². The summed E-state index contributed by atoms with van der Waals surface area (Å²) in [7, 11) is 1.45. The minimum Gasteiger partial charge on any atom is -0.493 e. The number of hydrogen-bond acceptors (Lipinski definition) is 7. The average Bonchev–Trinajstić information content (AvgIpc) is 3.02. The van der Waals surface area contributed by atoms with Crippen molar-refractivity contribution in [2.75, 3.05) is 12.0 Å². The van der Waals surface area contributed by atoms with Gasteiger partial charge in [0.15, 0.2) is 11.5 Å². The average molecular weight is 579 g/mol. The molecule has 1 aliphatic rings. The lowest BCUT2D eigenvalue weighted by atomic mass is 10.1. The molecular formula is C33H26N2O8. The first-order chi connectivity index (χ1) is 20.8. The molecule has 0 saturated carbocycles. The molecule has 43 heavy (non-hydrogen) atoms. The number of hydrogen-bond donors (Lipinski definition) is 2. The van der Waals surface area contributed by atoms with Crippen LogP contribution in [0.3, 0.4) is 0 Å². The van der Waals surface area contributed by atoms with Gasteiger partial charge < -0.3 is 19.3 Å². The van der Waals surface area contributed by atoms with Crippen LogP contribution in [0.5, 0.6) is 17.2 Å². The minimum absolute atomic E-state index is 0.157. The number of urea groups is 1. The fraction of sp³-hybridized carbons (Fsp3) is 0.0909. The standard InChI is InChI=1S/C33H26N2O8/c1-41-29-18-23(9-16-28(29)43-20-22-7-10-24(11-8-22)32(38)39)17-27-30(36)34-33(40)35(31(27)37)25-12-14-26(15-13-25)42-19-21-5-3-2-4-6-21/h2-18H,19-20H2,1H3,(H,38,39)(H,34,36,40)/b27-17+. The van der Waals surface area contributed by atoms with Gasteiger partial charge in [0.25, 0.3) is 11.8 Å². The summed E-state index contributed by atoms with van der Waals surface area (Å²) >= 11 is 0. The highest BCUT2D eigenvalue weighted by molar-refractivity contribution is 6.39. The van der Waals surface area contributed by atoms with Gasteiger partial charge in [-0.2, -0.15) is 0 Å². The number of methoxy groups -OCH3 is 1. The third kappa shape index (κ3) is 6.71. The smallest absolute Gasteiger partial charge is 0.335 e. The third-order valence-corrected chi connectivity index (χ3v) is 6.54. The SMILES string of the molecule is COc1cc(/C=C2\C(=O)NC(=O)N(c3ccc(OCc4ccccc4)cc3)C2=O)ccc1OCc1ccc(C(=O)O)cc1. The molecule has 0 aliphatic carbocycles. The summed E-state index contributed by atoms with van der Waals surface area (Å²) in [6.07, 6.45) is 1.37. The van der Waals surface area contributed by atoms with E-state index in [0.29, 0.717) is 29.4 Å². The molecule has 1 aliphatic heterocycles. The van der Waals surface area contributed by atoms with Crippen LogP contribution in [0.4, 0.5) is 10.5 Å². The Morgan fingerprint density at radius 3 is 2.16 bits per heavy atom. The molecule has 10 nitrogen and oxygen atoms in total. The van der Waals surface area contributed by atoms with E-state index in [0.717, 1.165) is 16.0 Å². The van der Waals surface area contributed by atoms with E-state index >= 15 is 0 Å². The van der Waals surface area contributed by atoms with E-state index in [2.05, 4.69) is 5.32 Å². The number of barbiturate groups is 1. The monoisotopic (exact) mass is 578 g/mol. The number of anilines is 1. The lowest BCUT2D eigenvalue weighted by Crippen LogP contribution is -2.54. The number of nitrogens with one attached hydrogen (secondary N) is 1. The molecule has 0 atom stereocenters. The summed E-state index contributed by atoms with van der Waals surface area (Å²) in [4.78, 5) is 50.6. The Balaban J connectivity index is 1.30. The number of amides is 4. The van der Waals surface area contributed by atoms with E-state index < -0.39 is 23.8 Å². The van der Waals surface area contributed by atoms with Crippen LogP contribution in [0.15, 0.2) is 103 Å². The fourth-order valence-corrected chi connectivity index (χ4v) is 4.29. The number of carboxylic acids is 1. The number of aromatic carboxylic acids is 1. The molecule has 0 aromatic heterocycles. The Morgan fingerprint density at radius 1 is 0.814 bits per heavy atom. The molecule has 0 bridgehead atoms. The van der Waals surface area contributed by atoms with Crippen molar-refractivity contribution in [3.8, 4) is 17.2 Å². The second kappa shape index (κ2) is 12.7. The highest BCUT2D eigenvalue weighted by Gasteiger charge is 2.36. The molecule has 0 spiro atoms. The van der Waals surface area contributed by atoms with Gasteiger partial charge in [0.1, 0.15) is 24.5 Å². The lowest BCUT2D eigenvalue weighted by Gasteiger charge is -2.26. The van der Waals surface area contributed by atoms with Crippen molar-refractivity contribution < 1.29 is 38.5 Å². The molecule has 216 valence electrons. The van der Waals surface area contributed by atoms with Crippen molar-refractivity contribution in [1.82, 2.24) is 5.32 Å². The van der Waals surface area contributed by atoms with Gasteiger partial charge >= 0.3 is 12.0 Å². The van der Waals surface area contributed by atoms with Gasteiger partial charge in [0.2, 0.25) is 0 Å². The second-order valence-electron chi connectivity index (χ2n) is 9.43. The Labute approximate surface area is 246 Å². The Morgan fingerprint density at radius 2 is 1.49 bits per heavy atom. The Bertz CT molecular complexity index is 1700. The number of rotatable bonds is 10. The van der Waals surface area contributed by atoms with Gasteiger partial charge in [-0.15, -0.1) is 0 Å². The van der Waals surface area contributed by atoms with Crippen molar-refractivity contribution in [1.29, 1.82) is 0 Å². The molecule has 0 unspecified atom stereocenters. The number of nitrogens with zero attached hydrogens (tertiary/aromatic N) is 1. The van der Waals surface area contributed by atoms with Gasteiger partial charge in [0.05, 0.1) is 18.4 Å². The molecule has 2 N–H and O–H groups in total. The van der Waals surface area contributed by atoms with Gasteiger partial charge in [-0.1, -0.05) is 48.5 Å². The molecule has 5 rings (SSSR count). The van der Waals surface area contributed by atoms with Crippen molar-refractivity contribution in [2.24, 2.45) is 0 Å². The maximum Gasteiger partial charge on any atom is 0.335 e. The maximum absolute atomic E-state index is 13.3. The number of carbonyl (C=O) groups excluding carboxylic acids is 3. The van der Waals surface area contributed by atoms with E-state index in [1.165, 1.54) is 25.3 Å². The molecule has 0 radical (unpaired) electrons. The summed E-state index contributed by atoms with van der Waals surface area (Å²) in [5.41, 5.74) is 2.42. The normalized spacial score (nSPS) is 13.9. The first kappa shape index (κ1) is 28.6. The number of ether oxygens (including phenoxy) is 3. The lowest BCUT2D eigenvalue weighted by molar-refractivity contribution is -0.122. The predicted molar refractivity (Wildman–Crippen MR) is 157 cm³/mol. The summed E-state index contributed by atoms with van der Waals surface area (Å²) in [6, 6.07) is 26.3. The molecule has 4 aromatic carbocycles. The largest absolute Gasteiger partial charge is 0.493 e. The summed E-state index contributed by atoms with van der Waals surface area (Å²) in [5, 5.41) is 11.3. The first-order valence-corrected chi connectivity index (χ1v) is 13.1. The van der Waals surface area contributed by atoms with E-state index in [1.807, 2.05) is 30.3 Å². The zero-order chi connectivity index (χ0) is 30.3. The van der Waals surface area contributed by atoms with Crippen LogP contribution in [0, 0.1) is 0 Å². The molecule has 10 heteroatoms.